The number of amides is 1. The molecule has 1 amide bonds. The molecule has 2 rings (SSSR count). The number of hydrogen-bond donors (Lipinski definition) is 2. The van der Waals surface area contributed by atoms with Crippen LogP contribution in [0.2, 0.25) is 0 Å². The smallest absolute Gasteiger partial charge is 0.407 e. The Kier molecular flexibility index (Phi) is 3.23. The second-order valence-corrected chi connectivity index (χ2v) is 5.83. The molecule has 2 fully saturated rings. The van der Waals surface area contributed by atoms with Crippen molar-refractivity contribution in [2.45, 2.75) is 57.5 Å². The Hall–Kier alpha value is -1.30. The van der Waals surface area contributed by atoms with E-state index in [1.165, 1.54) is 0 Å². The van der Waals surface area contributed by atoms with Crippen molar-refractivity contribution in [1.29, 1.82) is 0 Å². The van der Waals surface area contributed by atoms with Crippen LogP contribution in [0.15, 0.2) is 0 Å². The van der Waals surface area contributed by atoms with E-state index in [1.54, 1.807) is 20.8 Å². The standard InChI is InChI=1S/C12H19NO5/c1-12(2,3)18-11(16)13-9-7-5-4-6(17-7)8(9)10(14)15/h6-9H,4-5H2,1-3H3,(H,13,16)(H,14,15)/t6-,7+,8+,9-/m0/s1. The molecule has 2 aliphatic heterocycles. The fraction of sp³-hybridized carbons (Fsp3) is 0.833. The lowest BCUT2D eigenvalue weighted by Gasteiger charge is -2.27. The Morgan fingerprint density at radius 3 is 2.44 bits per heavy atom. The third-order valence-electron chi connectivity index (χ3n) is 3.24. The molecule has 0 saturated carbocycles. The molecule has 0 spiro atoms. The van der Waals surface area contributed by atoms with Crippen LogP contribution in [0.5, 0.6) is 0 Å². The van der Waals surface area contributed by atoms with E-state index in [9.17, 15) is 14.7 Å². The average Bonchev–Trinajstić information content (AvgIpc) is 2.73. The summed E-state index contributed by atoms with van der Waals surface area (Å²) in [6.07, 6.45) is 0.453. The number of alkyl carbamates (subject to hydrolysis) is 1. The molecule has 0 unspecified atom stereocenters. The second-order valence-electron chi connectivity index (χ2n) is 5.83. The Balaban J connectivity index is 2.00. The number of nitrogens with one attached hydrogen (secondary N) is 1. The van der Waals surface area contributed by atoms with Crippen molar-refractivity contribution in [1.82, 2.24) is 5.32 Å². The Labute approximate surface area is 106 Å². The number of ether oxygens (including phenoxy) is 2. The van der Waals surface area contributed by atoms with Crippen molar-refractivity contribution >= 4 is 12.1 Å². The van der Waals surface area contributed by atoms with Gasteiger partial charge in [-0.2, -0.15) is 0 Å². The van der Waals surface area contributed by atoms with Crippen molar-refractivity contribution in [2.75, 3.05) is 0 Å². The molecule has 2 bridgehead atoms. The van der Waals surface area contributed by atoms with Gasteiger partial charge in [0.2, 0.25) is 0 Å². The number of carbonyl (C=O) groups excluding carboxylic acids is 1. The number of aliphatic carboxylic acids is 1. The number of hydrogen-bond acceptors (Lipinski definition) is 4. The predicted octanol–water partition coefficient (Wildman–Crippen LogP) is 1.14. The van der Waals surface area contributed by atoms with Gasteiger partial charge in [0.15, 0.2) is 0 Å². The molecule has 4 atom stereocenters. The van der Waals surface area contributed by atoms with Crippen molar-refractivity contribution in [3.63, 3.8) is 0 Å². The molecule has 0 aromatic rings. The Bertz CT molecular complexity index is 362. The number of fused-ring (bicyclic) bond motifs is 2. The van der Waals surface area contributed by atoms with E-state index in [0.29, 0.717) is 0 Å². The van der Waals surface area contributed by atoms with Gasteiger partial charge in [0, 0.05) is 0 Å². The van der Waals surface area contributed by atoms with Crippen LogP contribution in [0.3, 0.4) is 0 Å². The molecule has 0 aromatic heterocycles. The van der Waals surface area contributed by atoms with Gasteiger partial charge in [-0.1, -0.05) is 0 Å². The highest BCUT2D eigenvalue weighted by Crippen LogP contribution is 2.39. The van der Waals surface area contributed by atoms with Gasteiger partial charge in [0.1, 0.15) is 11.5 Å². The van der Waals surface area contributed by atoms with Gasteiger partial charge in [-0.15, -0.1) is 0 Å². The summed E-state index contributed by atoms with van der Waals surface area (Å²) in [7, 11) is 0. The molecular weight excluding hydrogens is 238 g/mol. The predicted molar refractivity (Wildman–Crippen MR) is 62.2 cm³/mol. The van der Waals surface area contributed by atoms with Crippen LogP contribution in [0, 0.1) is 5.92 Å². The molecule has 2 N–H and O–H groups in total. The fourth-order valence-electron chi connectivity index (χ4n) is 2.62. The first kappa shape index (κ1) is 13.1. The van der Waals surface area contributed by atoms with Gasteiger partial charge >= 0.3 is 12.1 Å². The van der Waals surface area contributed by atoms with Crippen molar-refractivity contribution in [3.05, 3.63) is 0 Å². The molecule has 102 valence electrons. The highest BCUT2D eigenvalue weighted by molar-refractivity contribution is 5.75. The summed E-state index contributed by atoms with van der Waals surface area (Å²) in [6, 6.07) is -0.490. The van der Waals surface area contributed by atoms with Gasteiger partial charge in [0.05, 0.1) is 18.2 Å². The van der Waals surface area contributed by atoms with Gasteiger partial charge in [-0.3, -0.25) is 4.79 Å². The third kappa shape index (κ3) is 2.58. The zero-order chi connectivity index (χ0) is 13.5. The van der Waals surface area contributed by atoms with Crippen LogP contribution in [0.4, 0.5) is 4.79 Å². The maximum Gasteiger partial charge on any atom is 0.407 e. The molecule has 2 heterocycles. The first-order valence-electron chi connectivity index (χ1n) is 6.16. The fourth-order valence-corrected chi connectivity index (χ4v) is 2.62. The second kappa shape index (κ2) is 4.42. The quantitative estimate of drug-likeness (QED) is 0.775. The normalized spacial score (nSPS) is 34.4. The minimum Gasteiger partial charge on any atom is -0.481 e. The maximum atomic E-state index is 11.7. The van der Waals surface area contributed by atoms with Crippen LogP contribution < -0.4 is 5.32 Å². The molecular formula is C12H19NO5. The highest BCUT2D eigenvalue weighted by Gasteiger charge is 2.53. The molecule has 2 saturated heterocycles. The van der Waals surface area contributed by atoms with Gasteiger partial charge in [-0.25, -0.2) is 4.79 Å². The van der Waals surface area contributed by atoms with Crippen LogP contribution in [0.1, 0.15) is 33.6 Å². The zero-order valence-electron chi connectivity index (χ0n) is 10.8. The first-order chi connectivity index (χ1) is 8.28. The van der Waals surface area contributed by atoms with E-state index in [1.807, 2.05) is 0 Å². The molecule has 18 heavy (non-hydrogen) atoms. The number of carboxylic acids is 1. The SMILES string of the molecule is CC(C)(C)OC(=O)N[C@@H]1[C@H](C(=O)O)[C@@H]2CC[C@H]1O2. The van der Waals surface area contributed by atoms with Crippen LogP contribution in [0.25, 0.3) is 0 Å². The van der Waals surface area contributed by atoms with Gasteiger partial charge in [-0.05, 0) is 33.6 Å². The van der Waals surface area contributed by atoms with E-state index < -0.39 is 29.6 Å². The van der Waals surface area contributed by atoms with Gasteiger partial charge in [0.25, 0.3) is 0 Å². The molecule has 2 aliphatic rings. The highest BCUT2D eigenvalue weighted by atomic mass is 16.6. The van der Waals surface area contributed by atoms with Crippen LogP contribution >= 0.6 is 0 Å². The lowest BCUT2D eigenvalue weighted by molar-refractivity contribution is -0.144. The number of carboxylic acid groups (broad SMARTS) is 1. The summed E-state index contributed by atoms with van der Waals surface area (Å²) in [5, 5.41) is 11.8. The largest absolute Gasteiger partial charge is 0.481 e. The molecule has 6 nitrogen and oxygen atoms in total. The summed E-state index contributed by atoms with van der Waals surface area (Å²) in [6.45, 7) is 5.29. The van der Waals surface area contributed by atoms with E-state index in [4.69, 9.17) is 9.47 Å². The average molecular weight is 257 g/mol. The van der Waals surface area contributed by atoms with E-state index >= 15 is 0 Å². The summed E-state index contributed by atoms with van der Waals surface area (Å²) in [5.74, 6) is -1.60. The Morgan fingerprint density at radius 2 is 1.89 bits per heavy atom. The first-order valence-corrected chi connectivity index (χ1v) is 6.16. The van der Waals surface area contributed by atoms with Crippen LogP contribution in [-0.2, 0) is 14.3 Å². The van der Waals surface area contributed by atoms with E-state index in [2.05, 4.69) is 5.32 Å². The summed E-state index contributed by atoms with van der Waals surface area (Å²) < 4.78 is 10.7. The summed E-state index contributed by atoms with van der Waals surface area (Å²) in [4.78, 5) is 22.9. The lowest BCUT2D eigenvalue weighted by Crippen LogP contribution is -2.50. The van der Waals surface area contributed by atoms with E-state index in [0.717, 1.165) is 12.8 Å². The lowest BCUT2D eigenvalue weighted by atomic mass is 9.84. The molecule has 0 aliphatic carbocycles. The third-order valence-corrected chi connectivity index (χ3v) is 3.24. The van der Waals surface area contributed by atoms with E-state index in [-0.39, 0.29) is 12.2 Å². The van der Waals surface area contributed by atoms with Crippen molar-refractivity contribution in [2.24, 2.45) is 5.92 Å². The molecule has 0 radical (unpaired) electrons. The Morgan fingerprint density at radius 1 is 1.28 bits per heavy atom. The number of carbonyl (C=O) groups is 2. The molecule has 6 heteroatoms. The minimum absolute atomic E-state index is 0.205. The monoisotopic (exact) mass is 257 g/mol. The summed E-state index contributed by atoms with van der Waals surface area (Å²) in [5.41, 5.74) is -0.596. The minimum atomic E-state index is -0.928. The van der Waals surface area contributed by atoms with Crippen molar-refractivity contribution in [3.8, 4) is 0 Å². The number of rotatable bonds is 2. The maximum absolute atomic E-state index is 11.7. The topological polar surface area (TPSA) is 84.9 Å². The summed E-state index contributed by atoms with van der Waals surface area (Å²) >= 11 is 0. The van der Waals surface area contributed by atoms with Gasteiger partial charge < -0.3 is 19.9 Å². The van der Waals surface area contributed by atoms with Crippen molar-refractivity contribution < 1.29 is 24.2 Å². The van der Waals surface area contributed by atoms with Crippen LogP contribution in [-0.4, -0.2) is 41.0 Å². The molecule has 0 aromatic carbocycles. The zero-order valence-corrected chi connectivity index (χ0v) is 10.8.